The summed E-state index contributed by atoms with van der Waals surface area (Å²) < 4.78 is 6.09. The molecular weight excluding hydrogens is 262 g/mol. The summed E-state index contributed by atoms with van der Waals surface area (Å²) in [6.45, 7) is 5.98. The molecule has 21 heavy (non-hydrogen) atoms. The molecule has 2 heterocycles. The molecule has 0 aliphatic carbocycles. The van der Waals surface area contributed by atoms with Gasteiger partial charge in [0.25, 0.3) is 0 Å². The first-order valence-corrected chi connectivity index (χ1v) is 7.07. The molecule has 2 aromatic heterocycles. The van der Waals surface area contributed by atoms with Gasteiger partial charge in [0, 0.05) is 10.9 Å². The van der Waals surface area contributed by atoms with Crippen LogP contribution in [-0.4, -0.2) is 17.2 Å². The fourth-order valence-electron chi connectivity index (χ4n) is 2.68. The molecule has 1 unspecified atom stereocenters. The minimum Gasteiger partial charge on any atom is -0.459 e. The molecule has 3 rings (SSSR count). The van der Waals surface area contributed by atoms with Crippen LogP contribution in [0.25, 0.3) is 11.0 Å². The highest BCUT2D eigenvalue weighted by Gasteiger charge is 2.20. The standard InChI is InChI=1S/C17H19N3O/c1-10-6-5-7-13-9-15(21-17(10)13)16(18-4)14-8-11(2)19-20-12(14)3/h5-9,16,18H,1-4H3. The molecule has 1 aromatic carbocycles. The second kappa shape index (κ2) is 5.30. The zero-order valence-corrected chi connectivity index (χ0v) is 12.8. The van der Waals surface area contributed by atoms with Crippen LogP contribution < -0.4 is 5.32 Å². The average molecular weight is 281 g/mol. The number of furan rings is 1. The van der Waals surface area contributed by atoms with Crippen molar-refractivity contribution in [3.63, 3.8) is 0 Å². The Kier molecular flexibility index (Phi) is 3.47. The number of rotatable bonds is 3. The molecule has 0 aliphatic rings. The highest BCUT2D eigenvalue weighted by atomic mass is 16.3. The first kappa shape index (κ1) is 13.8. The van der Waals surface area contributed by atoms with Gasteiger partial charge in [-0.1, -0.05) is 18.2 Å². The second-order valence-corrected chi connectivity index (χ2v) is 5.39. The lowest BCUT2D eigenvalue weighted by molar-refractivity contribution is 0.487. The van der Waals surface area contributed by atoms with Gasteiger partial charge in [0.1, 0.15) is 11.3 Å². The third kappa shape index (κ3) is 2.43. The van der Waals surface area contributed by atoms with Gasteiger partial charge in [-0.25, -0.2) is 0 Å². The largest absolute Gasteiger partial charge is 0.459 e. The molecule has 1 N–H and O–H groups in total. The van der Waals surface area contributed by atoms with E-state index in [9.17, 15) is 0 Å². The molecule has 0 bridgehead atoms. The van der Waals surface area contributed by atoms with E-state index >= 15 is 0 Å². The number of hydrogen-bond acceptors (Lipinski definition) is 4. The van der Waals surface area contributed by atoms with Crippen LogP contribution in [0, 0.1) is 20.8 Å². The van der Waals surface area contributed by atoms with E-state index in [1.165, 1.54) is 0 Å². The Hall–Kier alpha value is -2.20. The summed E-state index contributed by atoms with van der Waals surface area (Å²) in [6, 6.07) is 10.3. The number of nitrogens with one attached hydrogen (secondary N) is 1. The average Bonchev–Trinajstić information content (AvgIpc) is 2.89. The van der Waals surface area contributed by atoms with Crippen molar-refractivity contribution >= 4 is 11.0 Å². The zero-order valence-electron chi connectivity index (χ0n) is 12.8. The number of fused-ring (bicyclic) bond motifs is 1. The second-order valence-electron chi connectivity index (χ2n) is 5.39. The first-order chi connectivity index (χ1) is 10.1. The number of aromatic nitrogens is 2. The SMILES string of the molecule is CNC(c1cc2cccc(C)c2o1)c1cc(C)nnc1C. The molecule has 0 spiro atoms. The summed E-state index contributed by atoms with van der Waals surface area (Å²) in [7, 11) is 1.93. The topological polar surface area (TPSA) is 51.0 Å². The van der Waals surface area contributed by atoms with Gasteiger partial charge in [-0.2, -0.15) is 10.2 Å². The van der Waals surface area contributed by atoms with E-state index in [1.54, 1.807) is 0 Å². The number of hydrogen-bond donors (Lipinski definition) is 1. The maximum atomic E-state index is 6.09. The van der Waals surface area contributed by atoms with Crippen molar-refractivity contribution in [3.05, 3.63) is 58.6 Å². The lowest BCUT2D eigenvalue weighted by Gasteiger charge is -2.16. The lowest BCUT2D eigenvalue weighted by Crippen LogP contribution is -2.19. The van der Waals surface area contributed by atoms with E-state index in [-0.39, 0.29) is 6.04 Å². The number of benzene rings is 1. The van der Waals surface area contributed by atoms with Gasteiger partial charge in [0.05, 0.1) is 17.4 Å². The molecular formula is C17H19N3O. The first-order valence-electron chi connectivity index (χ1n) is 7.07. The molecule has 0 amide bonds. The van der Waals surface area contributed by atoms with Gasteiger partial charge < -0.3 is 9.73 Å². The molecule has 4 heteroatoms. The maximum Gasteiger partial charge on any atom is 0.137 e. The van der Waals surface area contributed by atoms with Crippen molar-refractivity contribution in [2.45, 2.75) is 26.8 Å². The number of para-hydroxylation sites is 1. The van der Waals surface area contributed by atoms with E-state index in [0.29, 0.717) is 0 Å². The fraction of sp³-hybridized carbons (Fsp3) is 0.294. The lowest BCUT2D eigenvalue weighted by atomic mass is 10.0. The minimum atomic E-state index is -0.0222. The summed E-state index contributed by atoms with van der Waals surface area (Å²) in [4.78, 5) is 0. The molecule has 0 aliphatic heterocycles. The van der Waals surface area contributed by atoms with E-state index in [0.717, 1.165) is 39.2 Å². The van der Waals surface area contributed by atoms with E-state index in [2.05, 4.69) is 52.8 Å². The fourth-order valence-corrected chi connectivity index (χ4v) is 2.68. The molecule has 1 atom stereocenters. The predicted molar refractivity (Wildman–Crippen MR) is 83.4 cm³/mol. The Morgan fingerprint density at radius 3 is 2.62 bits per heavy atom. The van der Waals surface area contributed by atoms with Gasteiger partial charge in [0.15, 0.2) is 0 Å². The van der Waals surface area contributed by atoms with Crippen molar-refractivity contribution in [2.75, 3.05) is 7.05 Å². The summed E-state index contributed by atoms with van der Waals surface area (Å²) in [5, 5.41) is 12.8. The summed E-state index contributed by atoms with van der Waals surface area (Å²) in [6.07, 6.45) is 0. The zero-order chi connectivity index (χ0) is 15.0. The van der Waals surface area contributed by atoms with Crippen molar-refractivity contribution in [2.24, 2.45) is 0 Å². The van der Waals surface area contributed by atoms with Crippen LogP contribution in [0.5, 0.6) is 0 Å². The van der Waals surface area contributed by atoms with Gasteiger partial charge >= 0.3 is 0 Å². The molecule has 0 fully saturated rings. The van der Waals surface area contributed by atoms with Gasteiger partial charge in [-0.15, -0.1) is 0 Å². The van der Waals surface area contributed by atoms with Crippen LogP contribution in [0.2, 0.25) is 0 Å². The molecule has 0 saturated carbocycles. The van der Waals surface area contributed by atoms with E-state index in [4.69, 9.17) is 4.42 Å². The van der Waals surface area contributed by atoms with Crippen LogP contribution in [0.1, 0.15) is 34.3 Å². The van der Waals surface area contributed by atoms with Crippen molar-refractivity contribution in [1.82, 2.24) is 15.5 Å². The molecule has 4 nitrogen and oxygen atoms in total. The third-order valence-corrected chi connectivity index (χ3v) is 3.78. The van der Waals surface area contributed by atoms with Crippen molar-refractivity contribution < 1.29 is 4.42 Å². The molecule has 108 valence electrons. The Balaban J connectivity index is 2.13. The Labute approximate surface area is 124 Å². The van der Waals surface area contributed by atoms with E-state index < -0.39 is 0 Å². The van der Waals surface area contributed by atoms with Crippen molar-refractivity contribution in [1.29, 1.82) is 0 Å². The summed E-state index contributed by atoms with van der Waals surface area (Å²) in [5.74, 6) is 0.900. The summed E-state index contributed by atoms with van der Waals surface area (Å²) >= 11 is 0. The van der Waals surface area contributed by atoms with Crippen LogP contribution in [0.4, 0.5) is 0 Å². The van der Waals surface area contributed by atoms with Crippen LogP contribution >= 0.6 is 0 Å². The number of nitrogens with zero attached hydrogens (tertiary/aromatic N) is 2. The van der Waals surface area contributed by atoms with Crippen molar-refractivity contribution in [3.8, 4) is 0 Å². The Bertz CT molecular complexity index is 792. The maximum absolute atomic E-state index is 6.09. The summed E-state index contributed by atoms with van der Waals surface area (Å²) in [5.41, 5.74) is 5.01. The molecule has 0 saturated heterocycles. The minimum absolute atomic E-state index is 0.0222. The molecule has 3 aromatic rings. The highest BCUT2D eigenvalue weighted by molar-refractivity contribution is 5.81. The third-order valence-electron chi connectivity index (χ3n) is 3.78. The van der Waals surface area contributed by atoms with Crippen LogP contribution in [0.15, 0.2) is 34.7 Å². The smallest absolute Gasteiger partial charge is 0.137 e. The Morgan fingerprint density at radius 1 is 1.10 bits per heavy atom. The van der Waals surface area contributed by atoms with Crippen LogP contribution in [-0.2, 0) is 0 Å². The van der Waals surface area contributed by atoms with E-state index in [1.807, 2.05) is 20.9 Å². The quantitative estimate of drug-likeness (QED) is 0.799. The monoisotopic (exact) mass is 281 g/mol. The van der Waals surface area contributed by atoms with Gasteiger partial charge in [0.2, 0.25) is 0 Å². The van der Waals surface area contributed by atoms with Crippen LogP contribution in [0.3, 0.4) is 0 Å². The normalized spacial score (nSPS) is 12.8. The van der Waals surface area contributed by atoms with Gasteiger partial charge in [-0.05, 0) is 45.5 Å². The highest BCUT2D eigenvalue weighted by Crippen LogP contribution is 2.30. The molecule has 0 radical (unpaired) electrons. The number of aryl methyl sites for hydroxylation is 3. The predicted octanol–water partition coefficient (Wildman–Crippen LogP) is 3.46. The van der Waals surface area contributed by atoms with Gasteiger partial charge in [-0.3, -0.25) is 0 Å². The Morgan fingerprint density at radius 2 is 1.90 bits per heavy atom.